The molecule has 1 rings (SSSR count). The molecule has 1 aliphatic heterocycles. The van der Waals surface area contributed by atoms with Gasteiger partial charge in [-0.2, -0.15) is 0 Å². The van der Waals surface area contributed by atoms with Crippen LogP contribution in [0.15, 0.2) is 0 Å². The number of ether oxygens (including phenoxy) is 2. The van der Waals surface area contributed by atoms with E-state index in [4.69, 9.17) is 9.47 Å². The highest BCUT2D eigenvalue weighted by atomic mass is 16.6. The zero-order valence-corrected chi connectivity index (χ0v) is 17.6. The number of carbonyl (C=O) groups excluding carboxylic acids is 3. The Balaban J connectivity index is 2.73. The lowest BCUT2D eigenvalue weighted by Gasteiger charge is -2.40. The van der Waals surface area contributed by atoms with Gasteiger partial charge in [-0.05, 0) is 25.2 Å². The summed E-state index contributed by atoms with van der Waals surface area (Å²) in [5, 5.41) is 0. The van der Waals surface area contributed by atoms with Gasteiger partial charge in [0.15, 0.2) is 0 Å². The molecule has 1 fully saturated rings. The average Bonchev–Trinajstić information content (AvgIpc) is 2.66. The first-order valence-electron chi connectivity index (χ1n) is 9.73. The summed E-state index contributed by atoms with van der Waals surface area (Å²) < 4.78 is 10.1. The second kappa shape index (κ2) is 11.0. The van der Waals surface area contributed by atoms with Crippen LogP contribution in [0.2, 0.25) is 0 Å². The van der Waals surface area contributed by atoms with Gasteiger partial charge >= 0.3 is 18.1 Å². The molecule has 8 nitrogen and oxygen atoms in total. The van der Waals surface area contributed by atoms with E-state index in [-0.39, 0.29) is 24.1 Å². The van der Waals surface area contributed by atoms with Gasteiger partial charge in [0, 0.05) is 27.2 Å². The Morgan fingerprint density at radius 2 is 1.89 bits per heavy atom. The molecule has 1 heterocycles. The van der Waals surface area contributed by atoms with Gasteiger partial charge in [-0.3, -0.25) is 0 Å². The smallest absolute Gasteiger partial charge is 0.409 e. The van der Waals surface area contributed by atoms with Crippen LogP contribution < -0.4 is 0 Å². The first-order valence-corrected chi connectivity index (χ1v) is 9.73. The molecule has 0 aromatic heterocycles. The van der Waals surface area contributed by atoms with Crippen LogP contribution in [-0.4, -0.2) is 85.8 Å². The number of urea groups is 1. The molecule has 27 heavy (non-hydrogen) atoms. The number of amides is 3. The molecule has 0 saturated carbocycles. The maximum absolute atomic E-state index is 12.9. The lowest BCUT2D eigenvalue weighted by molar-refractivity contribution is -0.147. The van der Waals surface area contributed by atoms with E-state index >= 15 is 0 Å². The Morgan fingerprint density at radius 1 is 1.22 bits per heavy atom. The first kappa shape index (κ1) is 23.0. The summed E-state index contributed by atoms with van der Waals surface area (Å²) in [5.74, 6) is -0.504. The van der Waals surface area contributed by atoms with E-state index in [0.29, 0.717) is 19.7 Å². The van der Waals surface area contributed by atoms with Crippen LogP contribution in [0, 0.1) is 5.92 Å². The predicted molar refractivity (Wildman–Crippen MR) is 102 cm³/mol. The van der Waals surface area contributed by atoms with E-state index in [1.54, 1.807) is 23.9 Å². The van der Waals surface area contributed by atoms with E-state index in [0.717, 1.165) is 25.7 Å². The van der Waals surface area contributed by atoms with Crippen LogP contribution in [0.4, 0.5) is 9.59 Å². The molecule has 0 aromatic rings. The Morgan fingerprint density at radius 3 is 2.44 bits per heavy atom. The SMILES string of the molecule is CCCCOC(=O)N1CCC[C@H](N(C)C(=O)N(C)[C@H](C(=O)OC)C(C)C)C1. The highest BCUT2D eigenvalue weighted by Gasteiger charge is 2.35. The van der Waals surface area contributed by atoms with Crippen LogP contribution in [0.3, 0.4) is 0 Å². The van der Waals surface area contributed by atoms with Crippen molar-refractivity contribution in [3.05, 3.63) is 0 Å². The standard InChI is InChI=1S/C19H35N3O5/c1-7-8-12-27-19(25)22-11-9-10-15(13-22)20(4)18(24)21(5)16(14(2)3)17(23)26-6/h14-16H,7-13H2,1-6H3/t15-,16-/m0/s1. The third-order valence-corrected chi connectivity index (χ3v) is 5.02. The van der Waals surface area contributed by atoms with E-state index < -0.39 is 12.0 Å². The van der Waals surface area contributed by atoms with Gasteiger partial charge in [0.25, 0.3) is 0 Å². The zero-order chi connectivity index (χ0) is 20.6. The van der Waals surface area contributed by atoms with E-state index in [2.05, 4.69) is 0 Å². The summed E-state index contributed by atoms with van der Waals surface area (Å²) in [6.07, 6.45) is 3.10. The van der Waals surface area contributed by atoms with Gasteiger partial charge in [0.1, 0.15) is 6.04 Å². The molecule has 156 valence electrons. The fraction of sp³-hybridized carbons (Fsp3) is 0.842. The minimum Gasteiger partial charge on any atom is -0.467 e. The minimum absolute atomic E-state index is 0.0730. The molecule has 0 spiro atoms. The van der Waals surface area contributed by atoms with E-state index in [9.17, 15) is 14.4 Å². The highest BCUT2D eigenvalue weighted by molar-refractivity contribution is 5.83. The van der Waals surface area contributed by atoms with Crippen LogP contribution in [0.25, 0.3) is 0 Å². The molecule has 0 radical (unpaired) electrons. The van der Waals surface area contributed by atoms with Gasteiger partial charge < -0.3 is 24.2 Å². The van der Waals surface area contributed by atoms with Gasteiger partial charge in [-0.25, -0.2) is 14.4 Å². The molecular weight excluding hydrogens is 350 g/mol. The fourth-order valence-corrected chi connectivity index (χ4v) is 3.35. The number of hydrogen-bond donors (Lipinski definition) is 0. The number of hydrogen-bond acceptors (Lipinski definition) is 5. The Kier molecular flexibility index (Phi) is 9.38. The van der Waals surface area contributed by atoms with E-state index in [1.807, 2.05) is 20.8 Å². The number of likely N-dealkylation sites (tertiary alicyclic amines) is 1. The maximum Gasteiger partial charge on any atom is 0.409 e. The van der Waals surface area contributed by atoms with Crippen LogP contribution in [-0.2, 0) is 14.3 Å². The molecule has 0 N–H and O–H groups in total. The summed E-state index contributed by atoms with van der Waals surface area (Å²) in [6, 6.07) is -1.02. The van der Waals surface area contributed by atoms with Crippen molar-refractivity contribution >= 4 is 18.1 Å². The quantitative estimate of drug-likeness (QED) is 0.497. The monoisotopic (exact) mass is 385 g/mol. The van der Waals surface area contributed by atoms with Crippen molar-refractivity contribution in [3.8, 4) is 0 Å². The molecule has 1 aliphatic rings. The molecule has 0 aromatic carbocycles. The van der Waals surface area contributed by atoms with Crippen LogP contribution >= 0.6 is 0 Å². The number of esters is 1. The molecule has 0 unspecified atom stereocenters. The number of rotatable bonds is 7. The summed E-state index contributed by atoms with van der Waals surface area (Å²) >= 11 is 0. The normalized spacial score (nSPS) is 18.0. The summed E-state index contributed by atoms with van der Waals surface area (Å²) in [7, 11) is 4.65. The Bertz CT molecular complexity index is 512. The van der Waals surface area contributed by atoms with Gasteiger partial charge in [0.2, 0.25) is 0 Å². The largest absolute Gasteiger partial charge is 0.467 e. The lowest BCUT2D eigenvalue weighted by atomic mass is 10.0. The van der Waals surface area contributed by atoms with Crippen LogP contribution in [0.1, 0.15) is 46.5 Å². The molecule has 8 heteroatoms. The first-order chi connectivity index (χ1) is 12.7. The van der Waals surface area contributed by atoms with Crippen molar-refractivity contribution in [2.75, 3.05) is 40.9 Å². The number of unbranched alkanes of at least 4 members (excludes halogenated alkanes) is 1. The lowest BCUT2D eigenvalue weighted by Crippen LogP contribution is -2.56. The maximum atomic E-state index is 12.9. The summed E-state index contributed by atoms with van der Waals surface area (Å²) in [4.78, 5) is 41.9. The third kappa shape index (κ3) is 6.29. The Labute approximate surface area is 162 Å². The fourth-order valence-electron chi connectivity index (χ4n) is 3.35. The van der Waals surface area contributed by atoms with Crippen molar-refractivity contribution in [1.29, 1.82) is 0 Å². The molecule has 2 atom stereocenters. The summed E-state index contributed by atoms with van der Waals surface area (Å²) in [6.45, 7) is 7.28. The molecule has 3 amide bonds. The van der Waals surface area contributed by atoms with Crippen molar-refractivity contribution < 1.29 is 23.9 Å². The molecular formula is C19H35N3O5. The van der Waals surface area contributed by atoms with Gasteiger partial charge in [0.05, 0.1) is 19.8 Å². The topological polar surface area (TPSA) is 79.4 Å². The van der Waals surface area contributed by atoms with Crippen molar-refractivity contribution in [3.63, 3.8) is 0 Å². The number of methoxy groups -OCH3 is 1. The summed E-state index contributed by atoms with van der Waals surface area (Å²) in [5.41, 5.74) is 0. The van der Waals surface area contributed by atoms with E-state index in [1.165, 1.54) is 12.0 Å². The van der Waals surface area contributed by atoms with Crippen molar-refractivity contribution in [2.24, 2.45) is 5.92 Å². The molecule has 0 bridgehead atoms. The Hall–Kier alpha value is -1.99. The predicted octanol–water partition coefficient (Wildman–Crippen LogP) is 2.57. The second-order valence-electron chi connectivity index (χ2n) is 7.43. The average molecular weight is 386 g/mol. The second-order valence-corrected chi connectivity index (χ2v) is 7.43. The number of carbonyl (C=O) groups is 3. The van der Waals surface area contributed by atoms with Crippen molar-refractivity contribution in [2.45, 2.75) is 58.5 Å². The molecule has 0 aliphatic carbocycles. The number of nitrogens with zero attached hydrogens (tertiary/aromatic N) is 3. The van der Waals surface area contributed by atoms with Crippen LogP contribution in [0.5, 0.6) is 0 Å². The third-order valence-electron chi connectivity index (χ3n) is 5.02. The zero-order valence-electron chi connectivity index (χ0n) is 17.6. The molecule has 1 saturated heterocycles. The van der Waals surface area contributed by atoms with Gasteiger partial charge in [-0.1, -0.05) is 27.2 Å². The van der Waals surface area contributed by atoms with Crippen molar-refractivity contribution in [1.82, 2.24) is 14.7 Å². The number of piperidine rings is 1. The number of likely N-dealkylation sites (N-methyl/N-ethyl adjacent to an activating group) is 2. The highest BCUT2D eigenvalue weighted by Crippen LogP contribution is 2.19. The minimum atomic E-state index is -0.649. The van der Waals surface area contributed by atoms with Gasteiger partial charge in [-0.15, -0.1) is 0 Å².